The first kappa shape index (κ1) is 12.2. The van der Waals surface area contributed by atoms with Gasteiger partial charge in [0.15, 0.2) is 5.82 Å². The molecule has 2 heterocycles. The van der Waals surface area contributed by atoms with Crippen LogP contribution in [0.4, 0.5) is 11.5 Å². The van der Waals surface area contributed by atoms with E-state index in [4.69, 9.17) is 0 Å². The second-order valence-corrected chi connectivity index (χ2v) is 5.34. The summed E-state index contributed by atoms with van der Waals surface area (Å²) < 4.78 is 0.842. The highest BCUT2D eigenvalue weighted by atomic mass is 79.9. The first-order valence-corrected chi connectivity index (χ1v) is 6.78. The van der Waals surface area contributed by atoms with Gasteiger partial charge in [-0.05, 0) is 27.6 Å². The second-order valence-electron chi connectivity index (χ2n) is 4.43. The minimum absolute atomic E-state index is 0.0312. The maximum atomic E-state index is 12.1. The summed E-state index contributed by atoms with van der Waals surface area (Å²) >= 11 is 3.34. The van der Waals surface area contributed by atoms with Crippen LogP contribution in [0.25, 0.3) is 0 Å². The topological polar surface area (TPSA) is 54.0 Å². The minimum atomic E-state index is -0.288. The molecule has 0 radical (unpaired) electrons. The average molecular weight is 318 g/mol. The van der Waals surface area contributed by atoms with E-state index in [2.05, 4.69) is 31.5 Å². The zero-order chi connectivity index (χ0) is 13.2. The van der Waals surface area contributed by atoms with Crippen molar-refractivity contribution in [3.05, 3.63) is 52.6 Å². The summed E-state index contributed by atoms with van der Waals surface area (Å²) in [6, 6.07) is 11.5. The fourth-order valence-electron chi connectivity index (χ4n) is 2.09. The molecule has 0 spiro atoms. The van der Waals surface area contributed by atoms with Crippen molar-refractivity contribution in [2.45, 2.75) is 12.5 Å². The highest BCUT2D eigenvalue weighted by Crippen LogP contribution is 2.27. The molecule has 3 rings (SSSR count). The number of halogens is 1. The van der Waals surface area contributed by atoms with Crippen LogP contribution >= 0.6 is 15.9 Å². The van der Waals surface area contributed by atoms with Crippen LogP contribution in [0.3, 0.4) is 0 Å². The van der Waals surface area contributed by atoms with Crippen LogP contribution in [-0.2, 0) is 11.2 Å². The van der Waals surface area contributed by atoms with Gasteiger partial charge in [0.25, 0.3) is 0 Å². The summed E-state index contributed by atoms with van der Waals surface area (Å²) in [5, 5.41) is 6.06. The lowest BCUT2D eigenvalue weighted by atomic mass is 10.0. The summed E-state index contributed by atoms with van der Waals surface area (Å²) in [6.07, 6.45) is 2.35. The zero-order valence-corrected chi connectivity index (χ0v) is 11.6. The molecule has 0 fully saturated rings. The maximum Gasteiger partial charge on any atom is 0.247 e. The van der Waals surface area contributed by atoms with Crippen LogP contribution in [0.15, 0.2) is 47.1 Å². The Labute approximate surface area is 119 Å². The number of carbonyl (C=O) groups is 1. The third kappa shape index (κ3) is 2.61. The van der Waals surface area contributed by atoms with Crippen molar-refractivity contribution in [3.63, 3.8) is 0 Å². The van der Waals surface area contributed by atoms with Gasteiger partial charge < -0.3 is 10.6 Å². The lowest BCUT2D eigenvalue weighted by molar-refractivity contribution is -0.117. The Balaban J connectivity index is 1.82. The molecule has 4 nitrogen and oxygen atoms in total. The Kier molecular flexibility index (Phi) is 3.21. The van der Waals surface area contributed by atoms with Crippen molar-refractivity contribution < 1.29 is 4.79 Å². The van der Waals surface area contributed by atoms with E-state index in [1.54, 1.807) is 6.20 Å². The molecule has 1 aliphatic rings. The van der Waals surface area contributed by atoms with E-state index in [0.29, 0.717) is 17.9 Å². The van der Waals surface area contributed by atoms with Gasteiger partial charge in [-0.25, -0.2) is 4.98 Å². The van der Waals surface area contributed by atoms with Crippen molar-refractivity contribution in [3.8, 4) is 0 Å². The summed E-state index contributed by atoms with van der Waals surface area (Å²) in [5.41, 5.74) is 1.83. The third-order valence-electron chi connectivity index (χ3n) is 3.02. The monoisotopic (exact) mass is 317 g/mol. The SMILES string of the molecule is O=C1Nc2cc(Br)cnc2NC1Cc1ccccc1. The fraction of sp³-hybridized carbons (Fsp3) is 0.143. The molecule has 1 unspecified atom stereocenters. The predicted molar refractivity (Wildman–Crippen MR) is 78.1 cm³/mol. The molecule has 1 aromatic carbocycles. The number of nitrogens with one attached hydrogen (secondary N) is 2. The van der Waals surface area contributed by atoms with E-state index >= 15 is 0 Å². The van der Waals surface area contributed by atoms with Gasteiger partial charge >= 0.3 is 0 Å². The third-order valence-corrected chi connectivity index (χ3v) is 3.46. The second kappa shape index (κ2) is 5.01. The van der Waals surface area contributed by atoms with Crippen molar-refractivity contribution >= 4 is 33.3 Å². The van der Waals surface area contributed by atoms with Gasteiger partial charge in [-0.1, -0.05) is 30.3 Å². The minimum Gasteiger partial charge on any atom is -0.356 e. The number of pyridine rings is 1. The Bertz CT molecular complexity index is 615. The first-order valence-electron chi connectivity index (χ1n) is 5.99. The molecule has 2 aromatic rings. The normalized spacial score (nSPS) is 17.3. The number of anilines is 2. The number of amides is 1. The summed E-state index contributed by atoms with van der Waals surface area (Å²) in [7, 11) is 0. The molecule has 5 heteroatoms. The molecular weight excluding hydrogens is 306 g/mol. The van der Waals surface area contributed by atoms with Gasteiger partial charge in [0.1, 0.15) is 6.04 Å². The molecule has 0 saturated carbocycles. The van der Waals surface area contributed by atoms with Crippen molar-refractivity contribution in [2.24, 2.45) is 0 Å². The number of fused-ring (bicyclic) bond motifs is 1. The maximum absolute atomic E-state index is 12.1. The van der Waals surface area contributed by atoms with Crippen LogP contribution in [0.1, 0.15) is 5.56 Å². The Morgan fingerprint density at radius 2 is 2.05 bits per heavy atom. The lowest BCUT2D eigenvalue weighted by Gasteiger charge is -2.26. The Morgan fingerprint density at radius 3 is 2.84 bits per heavy atom. The predicted octanol–water partition coefficient (Wildman–Crippen LogP) is 2.82. The van der Waals surface area contributed by atoms with Crippen LogP contribution < -0.4 is 10.6 Å². The van der Waals surface area contributed by atoms with E-state index in [-0.39, 0.29) is 11.9 Å². The molecule has 1 aliphatic heterocycles. The first-order chi connectivity index (χ1) is 9.22. The standard InChI is InChI=1S/C14H12BrN3O/c15-10-7-11-13(16-8-10)17-12(14(19)18-11)6-9-4-2-1-3-5-9/h1-5,7-8,12H,6H2,(H,16,17)(H,18,19). The Hall–Kier alpha value is -1.88. The van der Waals surface area contributed by atoms with E-state index in [9.17, 15) is 4.79 Å². The number of rotatable bonds is 2. The largest absolute Gasteiger partial charge is 0.356 e. The number of carbonyl (C=O) groups excluding carboxylic acids is 1. The number of aromatic nitrogens is 1. The van der Waals surface area contributed by atoms with E-state index < -0.39 is 0 Å². The van der Waals surface area contributed by atoms with E-state index in [1.165, 1.54) is 0 Å². The average Bonchev–Trinajstić information content (AvgIpc) is 2.41. The van der Waals surface area contributed by atoms with E-state index in [1.807, 2.05) is 36.4 Å². The van der Waals surface area contributed by atoms with Crippen LogP contribution in [0.5, 0.6) is 0 Å². The van der Waals surface area contributed by atoms with Gasteiger partial charge in [0.05, 0.1) is 5.69 Å². The van der Waals surface area contributed by atoms with Gasteiger partial charge in [-0.2, -0.15) is 0 Å². The fourth-order valence-corrected chi connectivity index (χ4v) is 2.42. The molecule has 0 aliphatic carbocycles. The number of nitrogens with zero attached hydrogens (tertiary/aromatic N) is 1. The summed E-state index contributed by atoms with van der Waals surface area (Å²) in [4.78, 5) is 16.3. The highest BCUT2D eigenvalue weighted by molar-refractivity contribution is 9.10. The van der Waals surface area contributed by atoms with E-state index in [0.717, 1.165) is 10.0 Å². The number of benzene rings is 1. The lowest BCUT2D eigenvalue weighted by Crippen LogP contribution is -2.40. The van der Waals surface area contributed by atoms with Crippen LogP contribution in [-0.4, -0.2) is 16.9 Å². The van der Waals surface area contributed by atoms with Gasteiger partial charge in [0, 0.05) is 17.1 Å². The van der Waals surface area contributed by atoms with Gasteiger partial charge in [-0.15, -0.1) is 0 Å². The smallest absolute Gasteiger partial charge is 0.247 e. The van der Waals surface area contributed by atoms with Crippen molar-refractivity contribution in [1.82, 2.24) is 4.98 Å². The van der Waals surface area contributed by atoms with Gasteiger partial charge in [-0.3, -0.25) is 4.79 Å². The highest BCUT2D eigenvalue weighted by Gasteiger charge is 2.26. The quantitative estimate of drug-likeness (QED) is 0.895. The molecule has 19 heavy (non-hydrogen) atoms. The van der Waals surface area contributed by atoms with Crippen LogP contribution in [0, 0.1) is 0 Å². The van der Waals surface area contributed by atoms with Crippen LogP contribution in [0.2, 0.25) is 0 Å². The molecule has 1 amide bonds. The van der Waals surface area contributed by atoms with Crippen molar-refractivity contribution in [2.75, 3.05) is 10.6 Å². The molecule has 1 aromatic heterocycles. The summed E-state index contributed by atoms with van der Waals surface area (Å²) in [5.74, 6) is 0.681. The molecule has 0 bridgehead atoms. The molecule has 0 saturated heterocycles. The molecule has 96 valence electrons. The van der Waals surface area contributed by atoms with Gasteiger partial charge in [0.2, 0.25) is 5.91 Å². The number of hydrogen-bond donors (Lipinski definition) is 2. The molecular formula is C14H12BrN3O. The van der Waals surface area contributed by atoms with Crippen molar-refractivity contribution in [1.29, 1.82) is 0 Å². The Morgan fingerprint density at radius 1 is 1.26 bits per heavy atom. The molecule has 2 N–H and O–H groups in total. The summed E-state index contributed by atoms with van der Waals surface area (Å²) in [6.45, 7) is 0. The zero-order valence-electron chi connectivity index (χ0n) is 10.1. The number of hydrogen-bond acceptors (Lipinski definition) is 3. The molecule has 1 atom stereocenters.